The van der Waals surface area contributed by atoms with Crippen molar-refractivity contribution in [3.05, 3.63) is 81.1 Å². The van der Waals surface area contributed by atoms with Gasteiger partial charge in [0.1, 0.15) is 0 Å². The van der Waals surface area contributed by atoms with Crippen LogP contribution in [0.4, 0.5) is 5.69 Å². The van der Waals surface area contributed by atoms with Gasteiger partial charge in [-0.15, -0.1) is 0 Å². The molecule has 2 aromatic carbocycles. The highest BCUT2D eigenvalue weighted by atomic mass is 79.9. The Morgan fingerprint density at radius 1 is 1.07 bits per heavy atom. The number of hydrogen-bond donors (Lipinski definition) is 1. The second-order valence-electron chi connectivity index (χ2n) is 6.58. The van der Waals surface area contributed by atoms with Gasteiger partial charge in [0.2, 0.25) is 5.91 Å². The fraction of sp³-hybridized carbons (Fsp3) is 0.182. The summed E-state index contributed by atoms with van der Waals surface area (Å²) in [4.78, 5) is 35.7. The molecule has 6 nitrogen and oxygen atoms in total. The fourth-order valence-electron chi connectivity index (χ4n) is 2.81. The van der Waals surface area contributed by atoms with Crippen LogP contribution in [-0.2, 0) is 11.3 Å². The number of ketones is 1. The van der Waals surface area contributed by atoms with Gasteiger partial charge in [-0.2, -0.15) is 5.10 Å². The molecule has 0 spiro atoms. The molecule has 3 rings (SSSR count). The largest absolute Gasteiger partial charge is 0.326 e. The first-order chi connectivity index (χ1) is 13.9. The summed E-state index contributed by atoms with van der Waals surface area (Å²) in [5.41, 5.74) is 2.52. The molecule has 3 aromatic rings. The van der Waals surface area contributed by atoms with Crippen LogP contribution in [0, 0.1) is 0 Å². The van der Waals surface area contributed by atoms with Crippen LogP contribution in [0.1, 0.15) is 30.1 Å². The van der Waals surface area contributed by atoms with Gasteiger partial charge < -0.3 is 5.32 Å². The van der Waals surface area contributed by atoms with Crippen LogP contribution in [0.3, 0.4) is 0 Å². The van der Waals surface area contributed by atoms with Crippen molar-refractivity contribution in [1.29, 1.82) is 0 Å². The number of aromatic nitrogens is 2. The van der Waals surface area contributed by atoms with Gasteiger partial charge in [-0.3, -0.25) is 14.4 Å². The smallest absolute Gasteiger partial charge is 0.266 e. The molecule has 1 heterocycles. The number of nitrogens with zero attached hydrogens (tertiary/aromatic N) is 2. The Hall–Kier alpha value is -3.06. The number of carbonyl (C=O) groups is 2. The molecule has 0 saturated carbocycles. The van der Waals surface area contributed by atoms with Gasteiger partial charge in [0.25, 0.3) is 5.56 Å². The summed E-state index contributed by atoms with van der Waals surface area (Å²) in [6, 6.07) is 17.7. The third-order valence-electron chi connectivity index (χ3n) is 4.33. The summed E-state index contributed by atoms with van der Waals surface area (Å²) in [7, 11) is 0. The second kappa shape index (κ2) is 9.43. The summed E-state index contributed by atoms with van der Waals surface area (Å²) in [5, 5.41) is 7.18. The minimum absolute atomic E-state index is 0.0581. The Morgan fingerprint density at radius 2 is 1.83 bits per heavy atom. The highest BCUT2D eigenvalue weighted by Crippen LogP contribution is 2.19. The summed E-state index contributed by atoms with van der Waals surface area (Å²) >= 11 is 3.40. The van der Waals surface area contributed by atoms with Crippen molar-refractivity contribution in [3.8, 4) is 11.3 Å². The fourth-order valence-corrected chi connectivity index (χ4v) is 3.08. The zero-order chi connectivity index (χ0) is 20.8. The van der Waals surface area contributed by atoms with Crippen LogP contribution in [0.15, 0.2) is 69.9 Å². The molecular weight excluding hydrogens is 434 g/mol. The molecule has 7 heteroatoms. The SMILES string of the molecule is CC(=O)c1cccc(NC(=O)CCCn2nc(-c3ccc(Br)cc3)ccc2=O)c1. The molecule has 1 aromatic heterocycles. The van der Waals surface area contributed by atoms with E-state index in [-0.39, 0.29) is 23.7 Å². The van der Waals surface area contributed by atoms with Crippen molar-refractivity contribution in [2.75, 3.05) is 5.32 Å². The Morgan fingerprint density at radius 3 is 2.55 bits per heavy atom. The molecule has 1 amide bonds. The van der Waals surface area contributed by atoms with Crippen molar-refractivity contribution in [2.45, 2.75) is 26.3 Å². The maximum Gasteiger partial charge on any atom is 0.266 e. The normalized spacial score (nSPS) is 10.6. The number of hydrogen-bond acceptors (Lipinski definition) is 4. The van der Waals surface area contributed by atoms with Crippen LogP contribution in [0.5, 0.6) is 0 Å². The topological polar surface area (TPSA) is 81.1 Å². The molecule has 29 heavy (non-hydrogen) atoms. The van der Waals surface area contributed by atoms with E-state index in [0.29, 0.717) is 29.9 Å². The predicted molar refractivity (Wildman–Crippen MR) is 116 cm³/mol. The lowest BCUT2D eigenvalue weighted by atomic mass is 10.1. The Labute approximate surface area is 176 Å². The Kier molecular flexibility index (Phi) is 6.72. The van der Waals surface area contributed by atoms with Gasteiger partial charge in [-0.25, -0.2) is 4.68 Å². The van der Waals surface area contributed by atoms with Gasteiger partial charge in [0.15, 0.2) is 5.78 Å². The van der Waals surface area contributed by atoms with Gasteiger partial charge in [0.05, 0.1) is 5.69 Å². The number of Topliss-reactive ketones (excluding diaryl/α,β-unsaturated/α-hetero) is 1. The number of carbonyl (C=O) groups excluding carboxylic acids is 2. The maximum atomic E-state index is 12.2. The van der Waals surface area contributed by atoms with E-state index in [4.69, 9.17) is 0 Å². The van der Waals surface area contributed by atoms with Crippen LogP contribution < -0.4 is 10.9 Å². The van der Waals surface area contributed by atoms with Crippen molar-refractivity contribution < 1.29 is 9.59 Å². The average molecular weight is 454 g/mol. The zero-order valence-electron chi connectivity index (χ0n) is 15.9. The van der Waals surface area contributed by atoms with E-state index < -0.39 is 0 Å². The quantitative estimate of drug-likeness (QED) is 0.540. The minimum Gasteiger partial charge on any atom is -0.326 e. The van der Waals surface area contributed by atoms with Gasteiger partial charge >= 0.3 is 0 Å². The minimum atomic E-state index is -0.208. The molecule has 0 radical (unpaired) electrons. The molecule has 0 aliphatic rings. The van der Waals surface area contributed by atoms with E-state index in [1.807, 2.05) is 24.3 Å². The highest BCUT2D eigenvalue weighted by molar-refractivity contribution is 9.10. The number of aryl methyl sites for hydroxylation is 1. The van der Waals surface area contributed by atoms with E-state index in [2.05, 4.69) is 26.3 Å². The lowest BCUT2D eigenvalue weighted by Crippen LogP contribution is -2.23. The van der Waals surface area contributed by atoms with Crippen LogP contribution in [0.25, 0.3) is 11.3 Å². The molecule has 0 atom stereocenters. The van der Waals surface area contributed by atoms with Crippen LogP contribution >= 0.6 is 15.9 Å². The molecule has 0 aliphatic heterocycles. The van der Waals surface area contributed by atoms with Crippen molar-refractivity contribution in [3.63, 3.8) is 0 Å². The van der Waals surface area contributed by atoms with Gasteiger partial charge in [-0.05, 0) is 43.7 Å². The van der Waals surface area contributed by atoms with E-state index in [0.717, 1.165) is 10.0 Å². The molecule has 0 bridgehead atoms. The highest BCUT2D eigenvalue weighted by Gasteiger charge is 2.07. The van der Waals surface area contributed by atoms with Crippen LogP contribution in [-0.4, -0.2) is 21.5 Å². The predicted octanol–water partition coefficient (Wildman–Crippen LogP) is 4.29. The summed E-state index contributed by atoms with van der Waals surface area (Å²) in [6.45, 7) is 1.82. The van der Waals surface area contributed by atoms with Gasteiger partial charge in [-0.1, -0.05) is 40.2 Å². The average Bonchev–Trinajstić information content (AvgIpc) is 2.70. The lowest BCUT2D eigenvalue weighted by Gasteiger charge is -2.08. The third-order valence-corrected chi connectivity index (χ3v) is 4.86. The molecule has 0 saturated heterocycles. The molecule has 1 N–H and O–H groups in total. The number of anilines is 1. The lowest BCUT2D eigenvalue weighted by molar-refractivity contribution is -0.116. The molecule has 148 valence electrons. The van der Waals surface area contributed by atoms with Crippen molar-refractivity contribution in [2.24, 2.45) is 0 Å². The van der Waals surface area contributed by atoms with Crippen molar-refractivity contribution >= 4 is 33.3 Å². The third kappa shape index (κ3) is 5.71. The number of halogens is 1. The number of amides is 1. The zero-order valence-corrected chi connectivity index (χ0v) is 17.5. The van der Waals surface area contributed by atoms with E-state index in [1.165, 1.54) is 17.7 Å². The van der Waals surface area contributed by atoms with Crippen LogP contribution in [0.2, 0.25) is 0 Å². The van der Waals surface area contributed by atoms with E-state index in [9.17, 15) is 14.4 Å². The first-order valence-electron chi connectivity index (χ1n) is 9.17. The van der Waals surface area contributed by atoms with Crippen molar-refractivity contribution in [1.82, 2.24) is 9.78 Å². The summed E-state index contributed by atoms with van der Waals surface area (Å²) in [5.74, 6) is -0.236. The number of rotatable bonds is 7. The van der Waals surface area contributed by atoms with Gasteiger partial charge in [0, 0.05) is 40.3 Å². The molecule has 0 aliphatic carbocycles. The number of benzene rings is 2. The van der Waals surface area contributed by atoms with E-state index >= 15 is 0 Å². The second-order valence-corrected chi connectivity index (χ2v) is 7.49. The molecular formula is C22H20BrN3O3. The monoisotopic (exact) mass is 453 g/mol. The molecule has 0 fully saturated rings. The number of nitrogens with one attached hydrogen (secondary N) is 1. The maximum absolute atomic E-state index is 12.2. The first kappa shape index (κ1) is 20.7. The first-order valence-corrected chi connectivity index (χ1v) is 9.96. The Balaban J connectivity index is 1.60. The summed E-state index contributed by atoms with van der Waals surface area (Å²) in [6.07, 6.45) is 0.704. The summed E-state index contributed by atoms with van der Waals surface area (Å²) < 4.78 is 2.34. The standard InChI is InChI=1S/C22H20BrN3O3/c1-15(27)17-4-2-5-19(14-17)24-21(28)6-3-13-26-22(29)12-11-20(25-26)16-7-9-18(23)10-8-16/h2,4-5,7-12,14H,3,6,13H2,1H3,(H,24,28). The molecule has 0 unspecified atom stereocenters. The Bertz CT molecular complexity index is 1090. The van der Waals surface area contributed by atoms with E-state index in [1.54, 1.807) is 30.3 Å².